The van der Waals surface area contributed by atoms with Gasteiger partial charge in [-0.05, 0) is 60.2 Å². The van der Waals surface area contributed by atoms with Gasteiger partial charge in [0.25, 0.3) is 5.91 Å². The molecule has 3 N–H and O–H groups in total. The van der Waals surface area contributed by atoms with Gasteiger partial charge in [-0.25, -0.2) is 4.39 Å². The summed E-state index contributed by atoms with van der Waals surface area (Å²) in [5.41, 5.74) is 9.52. The number of benzene rings is 2. The number of hydrogen-bond donors (Lipinski definition) is 2. The van der Waals surface area contributed by atoms with E-state index in [1.165, 1.54) is 28.4 Å². The molecule has 4 rings (SSSR count). The van der Waals surface area contributed by atoms with Crippen LogP contribution in [0.2, 0.25) is 5.02 Å². The molecule has 0 saturated heterocycles. The van der Waals surface area contributed by atoms with Crippen LogP contribution in [0.15, 0.2) is 48.5 Å². The van der Waals surface area contributed by atoms with Crippen LogP contribution in [0, 0.1) is 5.82 Å². The number of aryl methyl sites for hydroxylation is 1. The molecule has 6 nitrogen and oxygen atoms in total. The number of amides is 1. The summed E-state index contributed by atoms with van der Waals surface area (Å²) >= 11 is 5.82. The summed E-state index contributed by atoms with van der Waals surface area (Å²) in [7, 11) is 3.34. The molecule has 160 valence electrons. The van der Waals surface area contributed by atoms with Gasteiger partial charge in [0.2, 0.25) is 0 Å². The topological polar surface area (TPSA) is 82.2 Å². The fourth-order valence-corrected chi connectivity index (χ4v) is 3.99. The number of nitrogens with one attached hydrogen (secondary N) is 1. The number of nitrogens with zero attached hydrogens (tertiary/aromatic N) is 2. The van der Waals surface area contributed by atoms with Gasteiger partial charge in [0, 0.05) is 12.7 Å². The molecule has 1 aliphatic carbocycles. The number of nitrogens with two attached hydrogens (primary N) is 1. The maximum absolute atomic E-state index is 13.4. The Kier molecular flexibility index (Phi) is 5.69. The number of hydrogen-bond acceptors (Lipinski definition) is 4. The Bertz CT molecular complexity index is 1190. The van der Waals surface area contributed by atoms with Crippen molar-refractivity contribution in [2.24, 2.45) is 7.05 Å². The first-order valence-electron chi connectivity index (χ1n) is 9.79. The van der Waals surface area contributed by atoms with E-state index in [9.17, 15) is 9.18 Å². The van der Waals surface area contributed by atoms with E-state index in [1.807, 2.05) is 18.2 Å². The van der Waals surface area contributed by atoms with Gasteiger partial charge in [-0.1, -0.05) is 29.8 Å². The van der Waals surface area contributed by atoms with E-state index >= 15 is 0 Å². The van der Waals surface area contributed by atoms with Gasteiger partial charge in [0.15, 0.2) is 0 Å². The van der Waals surface area contributed by atoms with Crippen LogP contribution in [-0.4, -0.2) is 22.8 Å². The monoisotopic (exact) mass is 440 g/mol. The van der Waals surface area contributed by atoms with Crippen molar-refractivity contribution in [3.05, 3.63) is 76.2 Å². The van der Waals surface area contributed by atoms with Gasteiger partial charge in [0.05, 0.1) is 12.1 Å². The molecule has 0 aliphatic heterocycles. The molecule has 3 aromatic rings. The molecule has 1 aromatic heterocycles. The minimum atomic E-state index is -0.555. The summed E-state index contributed by atoms with van der Waals surface area (Å²) in [6.45, 7) is 0. The van der Waals surface area contributed by atoms with E-state index in [0.29, 0.717) is 16.9 Å². The molecular formula is C23H22ClFN4O2. The van der Waals surface area contributed by atoms with Crippen LogP contribution >= 0.6 is 11.6 Å². The number of ether oxygens (including phenoxy) is 1. The highest BCUT2D eigenvalue weighted by Gasteiger charge is 2.28. The van der Waals surface area contributed by atoms with Crippen LogP contribution < -0.4 is 15.8 Å². The zero-order chi connectivity index (χ0) is 22.1. The fraction of sp³-hybridized carbons (Fsp3) is 0.217. The van der Waals surface area contributed by atoms with E-state index in [-0.39, 0.29) is 16.8 Å². The number of aromatic nitrogens is 2. The lowest BCUT2D eigenvalue weighted by atomic mass is 9.94. The predicted octanol–water partition coefficient (Wildman–Crippen LogP) is 5.02. The Labute approximate surface area is 184 Å². The highest BCUT2D eigenvalue weighted by molar-refractivity contribution is 6.31. The normalized spacial score (nSPS) is 15.6. The third-order valence-electron chi connectivity index (χ3n) is 5.48. The summed E-state index contributed by atoms with van der Waals surface area (Å²) in [5, 5.41) is 7.16. The summed E-state index contributed by atoms with van der Waals surface area (Å²) < 4.78 is 20.2. The van der Waals surface area contributed by atoms with Crippen molar-refractivity contribution < 1.29 is 13.9 Å². The number of methoxy groups -OCH3 is 1. The standard InChI is InChI=1S/C23H22ClFN4O2/c1-29-22(26)20(23(30)27-16-8-9-19(25)18(24)12-16)21(28-29)15-7-6-14(10-15)13-4-3-5-17(11-13)31-2/h3-5,7-9,11-12,14H,6,10,26H2,1-2H3,(H,27,30). The molecule has 0 radical (unpaired) electrons. The van der Waals surface area contributed by atoms with Gasteiger partial charge in [-0.15, -0.1) is 0 Å². The zero-order valence-electron chi connectivity index (χ0n) is 17.2. The third-order valence-corrected chi connectivity index (χ3v) is 5.77. The number of carbonyl (C=O) groups is 1. The van der Waals surface area contributed by atoms with Crippen LogP contribution in [0.1, 0.15) is 40.4 Å². The quantitative estimate of drug-likeness (QED) is 0.583. The molecule has 0 spiro atoms. The zero-order valence-corrected chi connectivity index (χ0v) is 17.9. The number of carbonyl (C=O) groups excluding carboxylic acids is 1. The first-order valence-corrected chi connectivity index (χ1v) is 10.2. The molecule has 1 unspecified atom stereocenters. The first kappa shape index (κ1) is 20.9. The Morgan fingerprint density at radius 1 is 1.32 bits per heavy atom. The Balaban J connectivity index is 1.59. The highest BCUT2D eigenvalue weighted by atomic mass is 35.5. The molecule has 1 aliphatic rings. The summed E-state index contributed by atoms with van der Waals surface area (Å²) in [5.74, 6) is 0.354. The minimum Gasteiger partial charge on any atom is -0.497 e. The van der Waals surface area contributed by atoms with E-state index in [1.54, 1.807) is 14.2 Å². The van der Waals surface area contributed by atoms with E-state index in [4.69, 9.17) is 22.1 Å². The number of anilines is 2. The molecule has 1 atom stereocenters. The Morgan fingerprint density at radius 3 is 2.87 bits per heavy atom. The average molecular weight is 441 g/mol. The molecule has 0 fully saturated rings. The Morgan fingerprint density at radius 2 is 2.13 bits per heavy atom. The van der Waals surface area contributed by atoms with Crippen molar-refractivity contribution in [2.75, 3.05) is 18.2 Å². The first-order chi connectivity index (χ1) is 14.9. The van der Waals surface area contributed by atoms with Crippen molar-refractivity contribution in [3.63, 3.8) is 0 Å². The average Bonchev–Trinajstić information content (AvgIpc) is 3.36. The molecule has 8 heteroatoms. The van der Waals surface area contributed by atoms with E-state index in [2.05, 4.69) is 22.6 Å². The molecular weight excluding hydrogens is 419 g/mol. The highest BCUT2D eigenvalue weighted by Crippen LogP contribution is 2.40. The van der Waals surface area contributed by atoms with E-state index < -0.39 is 11.7 Å². The molecule has 2 aromatic carbocycles. The van der Waals surface area contributed by atoms with Gasteiger partial charge >= 0.3 is 0 Å². The number of nitrogen functional groups attached to an aromatic ring is 1. The van der Waals surface area contributed by atoms with Crippen LogP contribution in [0.25, 0.3) is 5.57 Å². The summed E-state index contributed by atoms with van der Waals surface area (Å²) in [6.07, 6.45) is 3.65. The molecule has 31 heavy (non-hydrogen) atoms. The maximum Gasteiger partial charge on any atom is 0.261 e. The summed E-state index contributed by atoms with van der Waals surface area (Å²) in [6, 6.07) is 12.0. The Hall–Kier alpha value is -3.32. The van der Waals surface area contributed by atoms with Crippen molar-refractivity contribution in [1.82, 2.24) is 9.78 Å². The minimum absolute atomic E-state index is 0.0724. The largest absolute Gasteiger partial charge is 0.497 e. The van der Waals surface area contributed by atoms with Crippen molar-refractivity contribution in [3.8, 4) is 5.75 Å². The second-order valence-electron chi connectivity index (χ2n) is 7.46. The maximum atomic E-state index is 13.4. The SMILES string of the molecule is COc1cccc(C2CC=C(c3nn(C)c(N)c3C(=O)Nc3ccc(F)c(Cl)c3)C2)c1. The van der Waals surface area contributed by atoms with Gasteiger partial charge in [-0.3, -0.25) is 9.48 Å². The van der Waals surface area contributed by atoms with Gasteiger partial charge in [-0.2, -0.15) is 5.10 Å². The number of rotatable bonds is 5. The molecule has 1 heterocycles. The third kappa shape index (κ3) is 4.14. The van der Waals surface area contributed by atoms with Crippen LogP contribution in [0.5, 0.6) is 5.75 Å². The second-order valence-corrected chi connectivity index (χ2v) is 7.87. The lowest BCUT2D eigenvalue weighted by Crippen LogP contribution is -2.15. The van der Waals surface area contributed by atoms with Crippen LogP contribution in [0.4, 0.5) is 15.9 Å². The lowest BCUT2D eigenvalue weighted by molar-refractivity contribution is 0.102. The smallest absolute Gasteiger partial charge is 0.261 e. The molecule has 0 saturated carbocycles. The number of halogens is 2. The fourth-order valence-electron chi connectivity index (χ4n) is 3.81. The summed E-state index contributed by atoms with van der Waals surface area (Å²) in [4.78, 5) is 13.0. The van der Waals surface area contributed by atoms with E-state index in [0.717, 1.165) is 24.2 Å². The van der Waals surface area contributed by atoms with Gasteiger partial charge < -0.3 is 15.8 Å². The van der Waals surface area contributed by atoms with Crippen LogP contribution in [0.3, 0.4) is 0 Å². The predicted molar refractivity (Wildman–Crippen MR) is 120 cm³/mol. The van der Waals surface area contributed by atoms with Crippen molar-refractivity contribution in [2.45, 2.75) is 18.8 Å². The van der Waals surface area contributed by atoms with Crippen molar-refractivity contribution in [1.29, 1.82) is 0 Å². The second kappa shape index (κ2) is 8.43. The lowest BCUT2D eigenvalue weighted by Gasteiger charge is -2.12. The van der Waals surface area contributed by atoms with Gasteiger partial charge in [0.1, 0.15) is 28.6 Å². The van der Waals surface area contributed by atoms with Crippen molar-refractivity contribution >= 4 is 34.6 Å². The van der Waals surface area contributed by atoms with Crippen LogP contribution in [-0.2, 0) is 7.05 Å². The molecule has 0 bridgehead atoms. The molecule has 1 amide bonds. The number of allylic oxidation sites excluding steroid dienone is 2.